The largest absolute Gasteiger partial charge is 0.396 e. The van der Waals surface area contributed by atoms with Crippen molar-refractivity contribution in [2.24, 2.45) is 11.3 Å². The van der Waals surface area contributed by atoms with Crippen molar-refractivity contribution in [1.82, 2.24) is 15.0 Å². The number of nitriles is 1. The molecule has 2 atom stereocenters. The third kappa shape index (κ3) is 3.92. The molecule has 3 N–H and O–H groups in total. The molecule has 2 aromatic rings. The van der Waals surface area contributed by atoms with Gasteiger partial charge < -0.3 is 15.7 Å². The number of aliphatic hydroxyl groups is 1. The number of anilines is 2. The van der Waals surface area contributed by atoms with Crippen LogP contribution in [0.15, 0.2) is 24.5 Å². The molecule has 2 aromatic heterocycles. The van der Waals surface area contributed by atoms with Crippen molar-refractivity contribution in [2.75, 3.05) is 17.2 Å². The summed E-state index contributed by atoms with van der Waals surface area (Å²) in [4.78, 5) is 13.3. The number of hydrogen-bond donors (Lipinski definition) is 3. The van der Waals surface area contributed by atoms with Crippen LogP contribution in [0.3, 0.4) is 0 Å². The number of nitrogens with one attached hydrogen (secondary N) is 2. The van der Waals surface area contributed by atoms with E-state index in [9.17, 15) is 10.4 Å². The van der Waals surface area contributed by atoms with E-state index in [1.807, 2.05) is 12.1 Å². The summed E-state index contributed by atoms with van der Waals surface area (Å²) in [5.41, 5.74) is 2.51. The monoisotopic (exact) mass is 380 g/mol. The van der Waals surface area contributed by atoms with Crippen LogP contribution in [-0.2, 0) is 6.54 Å². The highest BCUT2D eigenvalue weighted by atomic mass is 16.3. The van der Waals surface area contributed by atoms with Crippen LogP contribution in [0.25, 0.3) is 0 Å². The highest BCUT2D eigenvalue weighted by Gasteiger charge is 2.47. The van der Waals surface area contributed by atoms with E-state index in [2.05, 4.69) is 59.3 Å². The van der Waals surface area contributed by atoms with Crippen LogP contribution in [-0.4, -0.2) is 32.7 Å². The van der Waals surface area contributed by atoms with Crippen molar-refractivity contribution < 1.29 is 5.11 Å². The summed E-state index contributed by atoms with van der Waals surface area (Å²) in [7, 11) is 0. The maximum absolute atomic E-state index is 9.47. The Bertz CT molecular complexity index is 873. The van der Waals surface area contributed by atoms with Gasteiger partial charge in [-0.15, -0.1) is 0 Å². The second-order valence-electron chi connectivity index (χ2n) is 8.26. The highest BCUT2D eigenvalue weighted by molar-refractivity contribution is 5.54. The van der Waals surface area contributed by atoms with Crippen LogP contribution >= 0.6 is 0 Å². The molecule has 1 fully saturated rings. The van der Waals surface area contributed by atoms with Gasteiger partial charge in [0.2, 0.25) is 5.95 Å². The third-order valence-corrected chi connectivity index (χ3v) is 5.82. The standard InChI is InChI=1S/C21H28N6O/c1-13(2)18-14(6-5-7-23-18)10-24-20-25-11-15(9-22)19(27-20)26-17-8-16(12-28)21(17,3)4/h5-7,11,13,16-17,28H,8,10,12H2,1-4H3,(H2,24,25,26,27)/t16-,17-/m0/s1. The molecule has 0 unspecified atom stereocenters. The van der Waals surface area contributed by atoms with Crippen molar-refractivity contribution in [3.05, 3.63) is 41.3 Å². The molecule has 1 aliphatic carbocycles. The van der Waals surface area contributed by atoms with Gasteiger partial charge in [-0.3, -0.25) is 4.98 Å². The van der Waals surface area contributed by atoms with E-state index in [4.69, 9.17) is 0 Å². The molecule has 0 radical (unpaired) electrons. The number of aromatic nitrogens is 3. The van der Waals surface area contributed by atoms with Gasteiger partial charge in [0.25, 0.3) is 0 Å². The first-order valence-corrected chi connectivity index (χ1v) is 9.69. The van der Waals surface area contributed by atoms with E-state index in [1.165, 1.54) is 0 Å². The van der Waals surface area contributed by atoms with Crippen molar-refractivity contribution in [1.29, 1.82) is 5.26 Å². The lowest BCUT2D eigenvalue weighted by atomic mass is 9.59. The fraction of sp³-hybridized carbons (Fsp3) is 0.524. The number of rotatable bonds is 7. The molecule has 1 saturated carbocycles. The van der Waals surface area contributed by atoms with Crippen LogP contribution < -0.4 is 10.6 Å². The minimum atomic E-state index is -0.0537. The Kier molecular flexibility index (Phi) is 5.80. The number of pyridine rings is 1. The molecular weight excluding hydrogens is 352 g/mol. The van der Waals surface area contributed by atoms with Crippen LogP contribution in [0.4, 0.5) is 11.8 Å². The Labute approximate surface area is 166 Å². The molecular formula is C21H28N6O. The van der Waals surface area contributed by atoms with Gasteiger partial charge in [-0.2, -0.15) is 10.2 Å². The van der Waals surface area contributed by atoms with Crippen molar-refractivity contribution in [3.8, 4) is 6.07 Å². The lowest BCUT2D eigenvalue weighted by molar-refractivity contribution is 0.00449. The molecule has 7 heteroatoms. The Morgan fingerprint density at radius 2 is 2.14 bits per heavy atom. The molecule has 7 nitrogen and oxygen atoms in total. The Morgan fingerprint density at radius 1 is 1.36 bits per heavy atom. The molecule has 0 aromatic carbocycles. The Hall–Kier alpha value is -2.72. The summed E-state index contributed by atoms with van der Waals surface area (Å²) in [5.74, 6) is 1.59. The zero-order valence-corrected chi connectivity index (χ0v) is 16.9. The lowest BCUT2D eigenvalue weighted by Crippen LogP contribution is -2.54. The molecule has 0 spiro atoms. The van der Waals surface area contributed by atoms with Crippen molar-refractivity contribution in [3.63, 3.8) is 0 Å². The summed E-state index contributed by atoms with van der Waals surface area (Å²) >= 11 is 0. The number of nitrogens with zero attached hydrogens (tertiary/aromatic N) is 4. The van der Waals surface area contributed by atoms with Gasteiger partial charge in [-0.05, 0) is 35.3 Å². The lowest BCUT2D eigenvalue weighted by Gasteiger charge is -2.52. The smallest absolute Gasteiger partial charge is 0.224 e. The van der Waals surface area contributed by atoms with E-state index in [0.29, 0.717) is 29.8 Å². The first kappa shape index (κ1) is 20.0. The van der Waals surface area contributed by atoms with Gasteiger partial charge in [0.05, 0.1) is 6.20 Å². The number of aliphatic hydroxyl groups excluding tert-OH is 1. The number of hydrogen-bond acceptors (Lipinski definition) is 7. The second-order valence-corrected chi connectivity index (χ2v) is 8.26. The summed E-state index contributed by atoms with van der Waals surface area (Å²) in [6.07, 6.45) is 4.20. The first-order chi connectivity index (χ1) is 13.4. The maximum Gasteiger partial charge on any atom is 0.224 e. The van der Waals surface area contributed by atoms with E-state index in [0.717, 1.165) is 17.7 Å². The van der Waals surface area contributed by atoms with E-state index in [1.54, 1.807) is 12.4 Å². The summed E-state index contributed by atoms with van der Waals surface area (Å²) < 4.78 is 0. The van der Waals surface area contributed by atoms with Gasteiger partial charge >= 0.3 is 0 Å². The second kappa shape index (κ2) is 8.11. The van der Waals surface area contributed by atoms with E-state index in [-0.39, 0.29) is 24.0 Å². The van der Waals surface area contributed by atoms with Gasteiger partial charge in [-0.25, -0.2) is 4.98 Å². The molecule has 3 rings (SSSR count). The zero-order valence-electron chi connectivity index (χ0n) is 16.9. The molecule has 0 aliphatic heterocycles. The summed E-state index contributed by atoms with van der Waals surface area (Å²) in [6, 6.07) is 6.28. The van der Waals surface area contributed by atoms with Crippen molar-refractivity contribution in [2.45, 2.75) is 52.6 Å². The van der Waals surface area contributed by atoms with Crippen molar-refractivity contribution >= 4 is 11.8 Å². The Balaban J connectivity index is 1.74. The quantitative estimate of drug-likeness (QED) is 0.676. The normalized spacial score (nSPS) is 20.3. The molecule has 0 bridgehead atoms. The predicted octanol–water partition coefficient (Wildman–Crippen LogP) is 3.30. The predicted molar refractivity (Wildman–Crippen MR) is 109 cm³/mol. The molecule has 1 aliphatic rings. The highest BCUT2D eigenvalue weighted by Crippen LogP contribution is 2.47. The minimum absolute atomic E-state index is 0.0537. The van der Waals surface area contributed by atoms with Crippen LogP contribution in [0.5, 0.6) is 0 Å². The van der Waals surface area contributed by atoms with Crippen LogP contribution in [0.1, 0.15) is 56.9 Å². The first-order valence-electron chi connectivity index (χ1n) is 9.69. The van der Waals surface area contributed by atoms with E-state index < -0.39 is 0 Å². The summed E-state index contributed by atoms with van der Waals surface area (Å²) in [5, 5.41) is 25.5. The minimum Gasteiger partial charge on any atom is -0.396 e. The van der Waals surface area contributed by atoms with E-state index >= 15 is 0 Å². The van der Waals surface area contributed by atoms with Gasteiger partial charge in [0, 0.05) is 31.1 Å². The maximum atomic E-state index is 9.47. The Morgan fingerprint density at radius 3 is 2.79 bits per heavy atom. The fourth-order valence-electron chi connectivity index (χ4n) is 3.69. The molecule has 2 heterocycles. The zero-order chi connectivity index (χ0) is 20.3. The average molecular weight is 380 g/mol. The fourth-order valence-corrected chi connectivity index (χ4v) is 3.69. The SMILES string of the molecule is CC(C)c1ncccc1CNc1ncc(C#N)c(N[C@H]2C[C@@H](CO)C2(C)C)n1. The van der Waals surface area contributed by atoms with Gasteiger partial charge in [0.1, 0.15) is 17.5 Å². The average Bonchev–Trinajstić information content (AvgIpc) is 2.69. The summed E-state index contributed by atoms with van der Waals surface area (Å²) in [6.45, 7) is 9.22. The third-order valence-electron chi connectivity index (χ3n) is 5.82. The molecule has 0 amide bonds. The van der Waals surface area contributed by atoms with Crippen LogP contribution in [0.2, 0.25) is 0 Å². The molecule has 148 valence electrons. The van der Waals surface area contributed by atoms with Crippen LogP contribution in [0, 0.1) is 22.7 Å². The molecule has 28 heavy (non-hydrogen) atoms. The topological polar surface area (TPSA) is 107 Å². The molecule has 0 saturated heterocycles. The van der Waals surface area contributed by atoms with Gasteiger partial charge in [-0.1, -0.05) is 33.8 Å². The van der Waals surface area contributed by atoms with Gasteiger partial charge in [0.15, 0.2) is 0 Å².